The summed E-state index contributed by atoms with van der Waals surface area (Å²) in [6, 6.07) is 10.5. The molecule has 5 aromatic rings. The van der Waals surface area contributed by atoms with Gasteiger partial charge in [-0.2, -0.15) is 5.10 Å². The van der Waals surface area contributed by atoms with Crippen molar-refractivity contribution >= 4 is 64.8 Å². The molecule has 7 amide bonds. The van der Waals surface area contributed by atoms with Crippen molar-refractivity contribution in [2.45, 2.75) is 79.4 Å². The van der Waals surface area contributed by atoms with E-state index in [-0.39, 0.29) is 109 Å². The van der Waals surface area contributed by atoms with Gasteiger partial charge in [0, 0.05) is 55.4 Å². The van der Waals surface area contributed by atoms with Crippen molar-refractivity contribution < 1.29 is 87.6 Å². The number of rotatable bonds is 12. The van der Waals surface area contributed by atoms with Gasteiger partial charge in [-0.05, 0) is 82.3 Å². The van der Waals surface area contributed by atoms with Crippen LogP contribution in [0.2, 0.25) is 0 Å². The Morgan fingerprint density at radius 3 is 0.901 bits per heavy atom. The Morgan fingerprint density at radius 1 is 0.444 bits per heavy atom. The van der Waals surface area contributed by atoms with Gasteiger partial charge in [0.15, 0.2) is 0 Å². The molecule has 4 atom stereocenters. The first-order chi connectivity index (χ1) is 38.2. The maximum atomic E-state index is 13.6. The van der Waals surface area contributed by atoms with Gasteiger partial charge in [0.05, 0.1) is 75.1 Å². The molecule has 28 heteroatoms. The summed E-state index contributed by atoms with van der Waals surface area (Å²) in [4.78, 5) is 83.9. The van der Waals surface area contributed by atoms with Gasteiger partial charge < -0.3 is 34.9 Å². The molecule has 0 aliphatic carbocycles. The molecular weight excluding hydrogens is 1090 g/mol. The number of ether oxygens (including phenoxy) is 4. The van der Waals surface area contributed by atoms with Gasteiger partial charge in [-0.15, -0.1) is 0 Å². The fraction of sp³-hybridized carbons (Fsp3) is 0.358. The van der Waals surface area contributed by atoms with Crippen LogP contribution in [0.4, 0.5) is 77.1 Å². The summed E-state index contributed by atoms with van der Waals surface area (Å²) in [5.74, 6) is -6.45. The van der Waals surface area contributed by atoms with Crippen molar-refractivity contribution in [2.75, 3.05) is 65.4 Å². The molecule has 0 radical (unpaired) electrons. The largest absolute Gasteiger partial charge is 0.442 e. The van der Waals surface area contributed by atoms with Crippen LogP contribution < -0.4 is 35.6 Å². The van der Waals surface area contributed by atoms with Crippen LogP contribution in [0, 0.1) is 74.2 Å². The van der Waals surface area contributed by atoms with Gasteiger partial charge in [0.1, 0.15) is 71.0 Å². The van der Waals surface area contributed by atoms with Gasteiger partial charge in [-0.3, -0.25) is 38.7 Å². The summed E-state index contributed by atoms with van der Waals surface area (Å²) >= 11 is 0. The summed E-state index contributed by atoms with van der Waals surface area (Å²) in [6.07, 6.45) is -1.36. The van der Waals surface area contributed by atoms with Gasteiger partial charge in [-0.1, -0.05) is 0 Å². The molecular formula is C53H55F8N9O11. The highest BCUT2D eigenvalue weighted by atomic mass is 19.2. The predicted molar refractivity (Wildman–Crippen MR) is 273 cm³/mol. The van der Waals surface area contributed by atoms with Gasteiger partial charge in [-0.25, -0.2) is 54.3 Å². The van der Waals surface area contributed by atoms with Crippen LogP contribution in [0.1, 0.15) is 43.0 Å². The highest BCUT2D eigenvalue weighted by Crippen LogP contribution is 2.30. The lowest BCUT2D eigenvalue weighted by molar-refractivity contribution is -0.120. The fourth-order valence-electron chi connectivity index (χ4n) is 7.88. The molecule has 4 aromatic carbocycles. The summed E-state index contributed by atoms with van der Waals surface area (Å²) in [5.41, 5.74) is 0.0778. The van der Waals surface area contributed by atoms with E-state index in [1.807, 2.05) is 0 Å². The zero-order valence-corrected chi connectivity index (χ0v) is 44.5. The first kappa shape index (κ1) is 61.2. The smallest absolute Gasteiger partial charge is 0.414 e. The lowest BCUT2D eigenvalue weighted by Crippen LogP contribution is -2.33. The van der Waals surface area contributed by atoms with Crippen molar-refractivity contribution in [2.24, 2.45) is 0 Å². The number of carbonyl (C=O) groups is 7. The number of amides is 7. The molecule has 4 fully saturated rings. The Labute approximate surface area is 457 Å². The SMILES string of the molecule is CC(=O)NC[C@H]1CN(c2cc(F)c(C)c(F)c2)C(=O)O1.CC(=O)NC[C@H]1CN(c2cc(F)c(C)c(F)c2)C(=O)O1.CC(=O)NC[C@H]1CN(c2cc(F)c(C)c(F)c2)C(=O)O1.Cc1c(F)cc(N2C[C@H](Cn3cccn3)OC2=O)cc1F. The number of hydrogen-bond acceptors (Lipinski definition) is 12. The van der Waals surface area contributed by atoms with Crippen molar-refractivity contribution in [3.8, 4) is 0 Å². The molecule has 1 aromatic heterocycles. The molecule has 0 spiro atoms. The highest BCUT2D eigenvalue weighted by Gasteiger charge is 2.37. The standard InChI is InChI=1S/C14H13F2N3O2.3C13H14F2N2O3/c1-9-12(15)5-10(6-13(9)16)19-8-11(21-14(19)20)7-18-4-2-3-17-18;3*1-7-11(14)3-9(4-12(7)15)17-6-10(20-13(17)19)5-16-8(2)18/h2-6,11H,7-8H2,1H3;3*3-4,10H,5-6H2,1-2H3,(H,16,18)/t11-;3*10-/m0000/s1. The van der Waals surface area contributed by atoms with E-state index in [0.717, 1.165) is 63.2 Å². The molecule has 4 aliphatic rings. The lowest BCUT2D eigenvalue weighted by atomic mass is 10.2. The van der Waals surface area contributed by atoms with Crippen LogP contribution in [0.3, 0.4) is 0 Å². The number of halogens is 8. The molecule has 4 saturated heterocycles. The van der Waals surface area contributed by atoms with E-state index in [2.05, 4.69) is 21.0 Å². The normalized spacial score (nSPS) is 18.1. The van der Waals surface area contributed by atoms with E-state index in [0.29, 0.717) is 6.54 Å². The number of nitrogens with zero attached hydrogens (tertiary/aromatic N) is 6. The molecule has 0 unspecified atom stereocenters. The minimum absolute atomic E-state index is 0.0700. The number of cyclic esters (lactones) is 4. The van der Waals surface area contributed by atoms with Crippen LogP contribution >= 0.6 is 0 Å². The number of hydrogen-bond donors (Lipinski definition) is 3. The quantitative estimate of drug-likeness (QED) is 0.0808. The maximum absolute atomic E-state index is 13.6. The second-order valence-corrected chi connectivity index (χ2v) is 18.6. The molecule has 0 bridgehead atoms. The molecule has 0 saturated carbocycles. The average molecular weight is 1150 g/mol. The van der Waals surface area contributed by atoms with Crippen molar-refractivity contribution in [1.82, 2.24) is 25.7 Å². The third kappa shape index (κ3) is 16.1. The number of carbonyl (C=O) groups excluding carboxylic acids is 7. The monoisotopic (exact) mass is 1150 g/mol. The summed E-state index contributed by atoms with van der Waals surface area (Å²) in [5, 5.41) is 11.6. The van der Waals surface area contributed by atoms with E-state index < -0.39 is 95.3 Å². The van der Waals surface area contributed by atoms with Gasteiger partial charge >= 0.3 is 24.4 Å². The van der Waals surface area contributed by atoms with Gasteiger partial charge in [0.2, 0.25) is 17.7 Å². The molecule has 5 heterocycles. The average Bonchev–Trinajstić information content (AvgIpc) is 4.30. The van der Waals surface area contributed by atoms with Crippen molar-refractivity contribution in [3.05, 3.63) is 136 Å². The minimum atomic E-state index is -0.724. The molecule has 81 heavy (non-hydrogen) atoms. The Hall–Kier alpha value is -8.98. The van der Waals surface area contributed by atoms with Crippen LogP contribution in [-0.4, -0.2) is 122 Å². The van der Waals surface area contributed by atoms with E-state index in [9.17, 15) is 68.7 Å². The lowest BCUT2D eigenvalue weighted by Gasteiger charge is -2.14. The zero-order chi connectivity index (χ0) is 59.6. The van der Waals surface area contributed by atoms with E-state index in [1.54, 1.807) is 23.1 Å². The summed E-state index contributed by atoms with van der Waals surface area (Å²) in [6.45, 7) is 10.8. The third-order valence-corrected chi connectivity index (χ3v) is 12.5. The second-order valence-electron chi connectivity index (χ2n) is 18.6. The van der Waals surface area contributed by atoms with E-state index in [4.69, 9.17) is 18.9 Å². The third-order valence-electron chi connectivity index (χ3n) is 12.5. The molecule has 434 valence electrons. The second kappa shape index (κ2) is 26.8. The Bertz CT molecular complexity index is 2860. The maximum Gasteiger partial charge on any atom is 0.414 e. The van der Waals surface area contributed by atoms with Crippen LogP contribution in [0.25, 0.3) is 0 Å². The van der Waals surface area contributed by atoms with Crippen molar-refractivity contribution in [3.63, 3.8) is 0 Å². The molecule has 3 N–H and O–H groups in total. The first-order valence-electron chi connectivity index (χ1n) is 24.6. The number of nitrogens with one attached hydrogen (secondary N) is 3. The predicted octanol–water partition coefficient (Wildman–Crippen LogP) is 7.70. The van der Waals surface area contributed by atoms with Gasteiger partial charge in [0.25, 0.3) is 0 Å². The van der Waals surface area contributed by atoms with Crippen LogP contribution in [0.5, 0.6) is 0 Å². The number of anilines is 4. The molecule has 4 aliphatic heterocycles. The van der Waals surface area contributed by atoms with Crippen LogP contribution in [-0.2, 0) is 39.9 Å². The number of aromatic nitrogens is 2. The molecule has 9 rings (SSSR count). The fourth-order valence-corrected chi connectivity index (χ4v) is 7.88. The summed E-state index contributed by atoms with van der Waals surface area (Å²) in [7, 11) is 0. The number of benzene rings is 4. The first-order valence-corrected chi connectivity index (χ1v) is 24.6. The minimum Gasteiger partial charge on any atom is -0.442 e. The Kier molecular flexibility index (Phi) is 20.2. The molecule has 20 nitrogen and oxygen atoms in total. The highest BCUT2D eigenvalue weighted by molar-refractivity contribution is 5.92. The van der Waals surface area contributed by atoms with E-state index >= 15 is 0 Å². The van der Waals surface area contributed by atoms with E-state index in [1.165, 1.54) is 53.4 Å². The van der Waals surface area contributed by atoms with Crippen LogP contribution in [0.15, 0.2) is 67.0 Å². The topological polar surface area (TPSA) is 223 Å². The summed E-state index contributed by atoms with van der Waals surface area (Å²) < 4.78 is 130. The van der Waals surface area contributed by atoms with Crippen molar-refractivity contribution in [1.29, 1.82) is 0 Å². The Balaban J connectivity index is 0.000000174. The Morgan fingerprint density at radius 2 is 0.679 bits per heavy atom. The zero-order valence-electron chi connectivity index (χ0n) is 44.5.